The fraction of sp³-hybridized carbons (Fsp3) is 0.190. The third-order valence-corrected chi connectivity index (χ3v) is 3.81. The van der Waals surface area contributed by atoms with Gasteiger partial charge in [0.1, 0.15) is 5.82 Å². The number of aromatic amines is 1. The van der Waals surface area contributed by atoms with E-state index in [2.05, 4.69) is 34.2 Å². The van der Waals surface area contributed by atoms with E-state index in [9.17, 15) is 26.3 Å². The molecule has 2 aromatic carbocycles. The predicted molar refractivity (Wildman–Crippen MR) is 108 cm³/mol. The van der Waals surface area contributed by atoms with Crippen molar-refractivity contribution in [1.29, 1.82) is 0 Å². The highest BCUT2D eigenvalue weighted by Crippen LogP contribution is 2.20. The Balaban J connectivity index is 0.000000343. The lowest BCUT2D eigenvalue weighted by Gasteiger charge is -2.08. The van der Waals surface area contributed by atoms with Gasteiger partial charge in [0.25, 0.3) is 0 Å². The molecule has 0 amide bonds. The van der Waals surface area contributed by atoms with Crippen LogP contribution in [0.1, 0.15) is 17.4 Å². The van der Waals surface area contributed by atoms with E-state index in [1.807, 2.05) is 42.6 Å². The van der Waals surface area contributed by atoms with Crippen molar-refractivity contribution in [3.63, 3.8) is 0 Å². The minimum absolute atomic E-state index is 0.116. The molecule has 0 aliphatic heterocycles. The van der Waals surface area contributed by atoms with Crippen LogP contribution in [-0.4, -0.2) is 44.5 Å². The van der Waals surface area contributed by atoms with Gasteiger partial charge in [0.15, 0.2) is 0 Å². The maximum absolute atomic E-state index is 10.6. The molecule has 0 bridgehead atoms. The summed E-state index contributed by atoms with van der Waals surface area (Å²) in [7, 11) is 0. The Morgan fingerprint density at radius 2 is 1.26 bits per heavy atom. The summed E-state index contributed by atoms with van der Waals surface area (Å²) >= 11 is 0. The summed E-state index contributed by atoms with van der Waals surface area (Å²) in [5.41, 5.74) is 9.57. The molecular weight excluding hydrogens is 472 g/mol. The highest BCUT2D eigenvalue weighted by Gasteiger charge is 2.38. The number of halogens is 6. The smallest absolute Gasteiger partial charge is 0.475 e. The molecular formula is C21H19F6N3O4. The highest BCUT2D eigenvalue weighted by atomic mass is 19.4. The number of imidazole rings is 1. The first-order chi connectivity index (χ1) is 15.7. The fourth-order valence-corrected chi connectivity index (χ4v) is 2.25. The number of nitrogens with two attached hydrogens (primary N) is 1. The summed E-state index contributed by atoms with van der Waals surface area (Å²) < 4.78 is 63.5. The minimum Gasteiger partial charge on any atom is -0.475 e. The number of hydrogen-bond acceptors (Lipinski definition) is 4. The van der Waals surface area contributed by atoms with E-state index in [0.717, 1.165) is 23.5 Å². The molecule has 0 unspecified atom stereocenters. The van der Waals surface area contributed by atoms with Gasteiger partial charge in [0.2, 0.25) is 0 Å². The lowest BCUT2D eigenvalue weighted by molar-refractivity contribution is -0.193. The molecule has 1 heterocycles. The molecule has 0 aliphatic rings. The number of H-pyrrole nitrogens is 1. The molecule has 34 heavy (non-hydrogen) atoms. The van der Waals surface area contributed by atoms with Crippen molar-refractivity contribution in [1.82, 2.24) is 9.97 Å². The van der Waals surface area contributed by atoms with E-state index in [1.54, 1.807) is 0 Å². The number of carboxylic acid groups (broad SMARTS) is 2. The van der Waals surface area contributed by atoms with Crippen LogP contribution < -0.4 is 5.73 Å². The van der Waals surface area contributed by atoms with Crippen LogP contribution in [0.4, 0.5) is 26.3 Å². The standard InChI is InChI=1S/C17H17N3.2C2HF3O2/c18-15(11-13-7-3-1-4-8-13)17-19-12-16(20-17)14-9-5-2-6-10-14;2*3-2(4,5)1(6)7/h1-10,12,15H,11,18H2,(H,19,20);2*(H,6,7)/t15-;;/m0../s1. The van der Waals surface area contributed by atoms with Crippen molar-refractivity contribution in [2.24, 2.45) is 5.73 Å². The molecule has 13 heteroatoms. The number of nitrogens with one attached hydrogen (secondary N) is 1. The van der Waals surface area contributed by atoms with Gasteiger partial charge in [-0.2, -0.15) is 26.3 Å². The number of hydrogen-bond donors (Lipinski definition) is 4. The molecule has 3 aromatic rings. The number of benzene rings is 2. The van der Waals surface area contributed by atoms with Crippen LogP contribution in [0.3, 0.4) is 0 Å². The number of alkyl halides is 6. The first kappa shape index (κ1) is 28.2. The summed E-state index contributed by atoms with van der Waals surface area (Å²) in [6.07, 6.45) is -7.54. The zero-order valence-electron chi connectivity index (χ0n) is 17.1. The van der Waals surface area contributed by atoms with Crippen molar-refractivity contribution in [2.45, 2.75) is 24.8 Å². The van der Waals surface area contributed by atoms with E-state index in [1.165, 1.54) is 5.56 Å². The fourth-order valence-electron chi connectivity index (χ4n) is 2.25. The molecule has 0 spiro atoms. The normalized spacial score (nSPS) is 11.9. The molecule has 1 aromatic heterocycles. The van der Waals surface area contributed by atoms with Gasteiger partial charge in [0, 0.05) is 0 Å². The van der Waals surface area contributed by atoms with Gasteiger partial charge in [-0.15, -0.1) is 0 Å². The summed E-state index contributed by atoms with van der Waals surface area (Å²) in [5.74, 6) is -4.69. The maximum Gasteiger partial charge on any atom is 0.490 e. The third-order valence-electron chi connectivity index (χ3n) is 3.81. The second-order valence-electron chi connectivity index (χ2n) is 6.45. The van der Waals surface area contributed by atoms with Gasteiger partial charge in [-0.3, -0.25) is 0 Å². The second-order valence-corrected chi connectivity index (χ2v) is 6.45. The quantitative estimate of drug-likeness (QED) is 0.395. The van der Waals surface area contributed by atoms with Gasteiger partial charge in [-0.25, -0.2) is 14.6 Å². The van der Waals surface area contributed by atoms with Crippen LogP contribution in [0.25, 0.3) is 11.3 Å². The largest absolute Gasteiger partial charge is 0.490 e. The molecule has 184 valence electrons. The van der Waals surface area contributed by atoms with Crippen LogP contribution in [0, 0.1) is 0 Å². The Morgan fingerprint density at radius 1 is 0.853 bits per heavy atom. The highest BCUT2D eigenvalue weighted by molar-refractivity contribution is 5.73. The van der Waals surface area contributed by atoms with E-state index in [0.29, 0.717) is 0 Å². The summed E-state index contributed by atoms with van der Waals surface area (Å²) in [5, 5.41) is 14.2. The average molecular weight is 491 g/mol. The van der Waals surface area contributed by atoms with Crippen LogP contribution in [-0.2, 0) is 16.0 Å². The van der Waals surface area contributed by atoms with Crippen LogP contribution in [0.15, 0.2) is 66.9 Å². The zero-order chi connectivity index (χ0) is 25.9. The molecule has 0 radical (unpaired) electrons. The second kappa shape index (κ2) is 12.4. The number of carbonyl (C=O) groups is 2. The molecule has 0 fully saturated rings. The van der Waals surface area contributed by atoms with Crippen molar-refractivity contribution in [3.05, 3.63) is 78.2 Å². The van der Waals surface area contributed by atoms with Gasteiger partial charge in [-0.05, 0) is 17.5 Å². The van der Waals surface area contributed by atoms with E-state index >= 15 is 0 Å². The van der Waals surface area contributed by atoms with Crippen molar-refractivity contribution in [3.8, 4) is 11.3 Å². The van der Waals surface area contributed by atoms with Crippen molar-refractivity contribution >= 4 is 11.9 Å². The summed E-state index contributed by atoms with van der Waals surface area (Å²) in [4.78, 5) is 25.5. The van der Waals surface area contributed by atoms with Gasteiger partial charge < -0.3 is 20.9 Å². The van der Waals surface area contributed by atoms with E-state index in [-0.39, 0.29) is 6.04 Å². The maximum atomic E-state index is 10.6. The Bertz CT molecular complexity index is 1010. The minimum atomic E-state index is -5.08. The Hall–Kier alpha value is -3.87. The van der Waals surface area contributed by atoms with Crippen molar-refractivity contribution < 1.29 is 46.1 Å². The molecule has 3 rings (SSSR count). The van der Waals surface area contributed by atoms with Crippen LogP contribution >= 0.6 is 0 Å². The van der Waals surface area contributed by atoms with Gasteiger partial charge in [0.05, 0.1) is 17.9 Å². The van der Waals surface area contributed by atoms with E-state index < -0.39 is 24.3 Å². The Morgan fingerprint density at radius 3 is 1.68 bits per heavy atom. The van der Waals surface area contributed by atoms with Gasteiger partial charge >= 0.3 is 24.3 Å². The number of aromatic nitrogens is 2. The monoisotopic (exact) mass is 491 g/mol. The first-order valence-electron chi connectivity index (χ1n) is 9.22. The lowest BCUT2D eigenvalue weighted by Crippen LogP contribution is -2.21. The predicted octanol–water partition coefficient (Wildman–Crippen LogP) is 4.59. The third kappa shape index (κ3) is 10.2. The number of nitrogens with zero attached hydrogens (tertiary/aromatic N) is 1. The number of aliphatic carboxylic acids is 2. The first-order valence-corrected chi connectivity index (χ1v) is 9.22. The zero-order valence-corrected chi connectivity index (χ0v) is 17.1. The topological polar surface area (TPSA) is 129 Å². The number of carboxylic acids is 2. The Kier molecular flexibility index (Phi) is 10.3. The Labute approximate surface area is 188 Å². The number of rotatable bonds is 4. The molecule has 7 nitrogen and oxygen atoms in total. The molecule has 0 saturated heterocycles. The molecule has 0 aliphatic carbocycles. The van der Waals surface area contributed by atoms with E-state index in [4.69, 9.17) is 25.5 Å². The summed E-state index contributed by atoms with van der Waals surface area (Å²) in [6.45, 7) is 0. The SMILES string of the molecule is N[C@@H](Cc1ccccc1)c1ncc(-c2ccccc2)[nH]1.O=C(O)C(F)(F)F.O=C(O)C(F)(F)F. The van der Waals surface area contributed by atoms with Gasteiger partial charge in [-0.1, -0.05) is 60.7 Å². The summed E-state index contributed by atoms with van der Waals surface area (Å²) in [6, 6.07) is 20.3. The average Bonchev–Trinajstić information content (AvgIpc) is 3.25. The molecule has 5 N–H and O–H groups in total. The van der Waals surface area contributed by atoms with Crippen LogP contribution in [0.5, 0.6) is 0 Å². The molecule has 0 saturated carbocycles. The van der Waals surface area contributed by atoms with Crippen molar-refractivity contribution in [2.75, 3.05) is 0 Å². The lowest BCUT2D eigenvalue weighted by atomic mass is 10.1. The van der Waals surface area contributed by atoms with Crippen LogP contribution in [0.2, 0.25) is 0 Å². The molecule has 1 atom stereocenters.